The fourth-order valence-electron chi connectivity index (χ4n) is 1.26. The van der Waals surface area contributed by atoms with Gasteiger partial charge in [0.1, 0.15) is 0 Å². The van der Waals surface area contributed by atoms with Gasteiger partial charge in [-0.15, -0.1) is 11.6 Å². The molecule has 0 aromatic carbocycles. The molecule has 1 aliphatic rings. The van der Waals surface area contributed by atoms with Gasteiger partial charge in [0.25, 0.3) is 0 Å². The standard InChI is InChI=1S/C8H13Cl/c1-6-3-4-8(9)5-7(6)2/h7-8H,1,3-5H2,2H3. The molecule has 2 unspecified atom stereocenters. The van der Waals surface area contributed by atoms with E-state index in [4.69, 9.17) is 11.6 Å². The van der Waals surface area contributed by atoms with Crippen molar-refractivity contribution in [2.75, 3.05) is 0 Å². The Bertz CT molecular complexity index is 118. The van der Waals surface area contributed by atoms with E-state index in [0.717, 1.165) is 19.3 Å². The Balaban J connectivity index is 2.44. The van der Waals surface area contributed by atoms with Gasteiger partial charge in [0, 0.05) is 5.38 Å². The van der Waals surface area contributed by atoms with Crippen molar-refractivity contribution >= 4 is 11.6 Å². The average Bonchev–Trinajstić information content (AvgIpc) is 1.80. The summed E-state index contributed by atoms with van der Waals surface area (Å²) in [5.74, 6) is 0.654. The molecule has 0 aromatic rings. The summed E-state index contributed by atoms with van der Waals surface area (Å²) in [6.45, 7) is 6.18. The highest BCUT2D eigenvalue weighted by molar-refractivity contribution is 6.20. The number of rotatable bonds is 0. The van der Waals surface area contributed by atoms with Gasteiger partial charge in [0.15, 0.2) is 0 Å². The van der Waals surface area contributed by atoms with E-state index in [9.17, 15) is 0 Å². The highest BCUT2D eigenvalue weighted by Crippen LogP contribution is 2.30. The minimum Gasteiger partial charge on any atom is -0.123 e. The Morgan fingerprint density at radius 1 is 1.67 bits per heavy atom. The molecule has 52 valence electrons. The molecule has 1 fully saturated rings. The SMILES string of the molecule is C=C1CCC(Cl)CC1C. The smallest absolute Gasteiger partial charge is 0.0344 e. The number of alkyl halides is 1. The van der Waals surface area contributed by atoms with Crippen LogP contribution in [0, 0.1) is 5.92 Å². The van der Waals surface area contributed by atoms with Crippen molar-refractivity contribution in [3.05, 3.63) is 12.2 Å². The number of halogens is 1. The van der Waals surface area contributed by atoms with E-state index in [1.54, 1.807) is 0 Å². The molecule has 0 N–H and O–H groups in total. The van der Waals surface area contributed by atoms with Crippen LogP contribution in [0.1, 0.15) is 26.2 Å². The minimum atomic E-state index is 0.408. The maximum atomic E-state index is 5.94. The highest BCUT2D eigenvalue weighted by Gasteiger charge is 2.18. The summed E-state index contributed by atoms with van der Waals surface area (Å²) in [5.41, 5.74) is 1.38. The number of allylic oxidation sites excluding steroid dienone is 1. The lowest BCUT2D eigenvalue weighted by molar-refractivity contribution is 0.492. The molecule has 9 heavy (non-hydrogen) atoms. The third-order valence-electron chi connectivity index (χ3n) is 2.08. The second-order valence-corrected chi connectivity index (χ2v) is 3.55. The Labute approximate surface area is 61.9 Å². The molecule has 2 atom stereocenters. The number of hydrogen-bond donors (Lipinski definition) is 0. The van der Waals surface area contributed by atoms with Gasteiger partial charge in [-0.1, -0.05) is 19.1 Å². The summed E-state index contributed by atoms with van der Waals surface area (Å²) in [6.07, 6.45) is 3.39. The zero-order chi connectivity index (χ0) is 6.85. The van der Waals surface area contributed by atoms with Gasteiger partial charge in [-0.25, -0.2) is 0 Å². The fraction of sp³-hybridized carbons (Fsp3) is 0.750. The van der Waals surface area contributed by atoms with Crippen LogP contribution in [-0.4, -0.2) is 5.38 Å². The molecule has 1 aliphatic carbocycles. The molecule has 1 saturated carbocycles. The Morgan fingerprint density at radius 2 is 2.33 bits per heavy atom. The maximum Gasteiger partial charge on any atom is 0.0344 e. The van der Waals surface area contributed by atoms with E-state index >= 15 is 0 Å². The van der Waals surface area contributed by atoms with Crippen molar-refractivity contribution < 1.29 is 0 Å². The van der Waals surface area contributed by atoms with Crippen molar-refractivity contribution in [2.45, 2.75) is 31.6 Å². The minimum absolute atomic E-state index is 0.408. The summed E-state index contributed by atoms with van der Waals surface area (Å²) in [6, 6.07) is 0. The highest BCUT2D eigenvalue weighted by atomic mass is 35.5. The van der Waals surface area contributed by atoms with E-state index in [1.165, 1.54) is 5.57 Å². The summed E-state index contributed by atoms with van der Waals surface area (Å²) in [4.78, 5) is 0. The molecule has 0 aromatic heterocycles. The predicted molar refractivity (Wildman–Crippen MR) is 41.8 cm³/mol. The van der Waals surface area contributed by atoms with E-state index in [2.05, 4.69) is 13.5 Å². The van der Waals surface area contributed by atoms with Gasteiger partial charge in [0.2, 0.25) is 0 Å². The monoisotopic (exact) mass is 144 g/mol. The van der Waals surface area contributed by atoms with Crippen LogP contribution < -0.4 is 0 Å². The first-order valence-electron chi connectivity index (χ1n) is 3.52. The first-order valence-corrected chi connectivity index (χ1v) is 3.95. The molecule has 0 heterocycles. The molecule has 0 bridgehead atoms. The molecule has 1 heteroatoms. The average molecular weight is 145 g/mol. The lowest BCUT2D eigenvalue weighted by Gasteiger charge is -2.24. The molecular weight excluding hydrogens is 132 g/mol. The molecule has 0 aliphatic heterocycles. The van der Waals surface area contributed by atoms with Crippen LogP contribution in [0.15, 0.2) is 12.2 Å². The van der Waals surface area contributed by atoms with Gasteiger partial charge in [-0.05, 0) is 25.2 Å². The van der Waals surface area contributed by atoms with E-state index in [0.29, 0.717) is 11.3 Å². The summed E-state index contributed by atoms with van der Waals surface area (Å²) >= 11 is 5.94. The van der Waals surface area contributed by atoms with Crippen LogP contribution in [0.2, 0.25) is 0 Å². The summed E-state index contributed by atoms with van der Waals surface area (Å²) in [5, 5.41) is 0.408. The van der Waals surface area contributed by atoms with Crippen LogP contribution >= 0.6 is 11.6 Å². The zero-order valence-electron chi connectivity index (χ0n) is 5.86. The second-order valence-electron chi connectivity index (χ2n) is 2.93. The Morgan fingerprint density at radius 3 is 2.78 bits per heavy atom. The maximum absolute atomic E-state index is 5.94. The predicted octanol–water partition coefficient (Wildman–Crippen LogP) is 2.97. The zero-order valence-corrected chi connectivity index (χ0v) is 6.62. The van der Waals surface area contributed by atoms with Crippen molar-refractivity contribution in [1.82, 2.24) is 0 Å². The van der Waals surface area contributed by atoms with E-state index in [-0.39, 0.29) is 0 Å². The van der Waals surface area contributed by atoms with Crippen molar-refractivity contribution in [2.24, 2.45) is 5.92 Å². The van der Waals surface area contributed by atoms with Gasteiger partial charge in [-0.3, -0.25) is 0 Å². The molecule has 1 rings (SSSR count). The molecule has 0 saturated heterocycles. The molecule has 0 radical (unpaired) electrons. The van der Waals surface area contributed by atoms with Gasteiger partial charge in [0.05, 0.1) is 0 Å². The lowest BCUT2D eigenvalue weighted by Crippen LogP contribution is -2.14. The first-order chi connectivity index (χ1) is 4.20. The van der Waals surface area contributed by atoms with Gasteiger partial charge in [-0.2, -0.15) is 0 Å². The Kier molecular flexibility index (Phi) is 2.18. The van der Waals surface area contributed by atoms with E-state index in [1.807, 2.05) is 0 Å². The van der Waals surface area contributed by atoms with Crippen LogP contribution in [-0.2, 0) is 0 Å². The van der Waals surface area contributed by atoms with Crippen molar-refractivity contribution in [3.63, 3.8) is 0 Å². The van der Waals surface area contributed by atoms with E-state index < -0.39 is 0 Å². The molecule has 0 spiro atoms. The third-order valence-corrected chi connectivity index (χ3v) is 2.48. The number of hydrogen-bond acceptors (Lipinski definition) is 0. The summed E-state index contributed by atoms with van der Waals surface area (Å²) in [7, 11) is 0. The topological polar surface area (TPSA) is 0 Å². The van der Waals surface area contributed by atoms with Gasteiger partial charge >= 0.3 is 0 Å². The normalized spacial score (nSPS) is 36.9. The molecular formula is C8H13Cl. The van der Waals surface area contributed by atoms with Crippen LogP contribution in [0.4, 0.5) is 0 Å². The third kappa shape index (κ3) is 1.72. The first kappa shape index (κ1) is 7.14. The molecule has 0 amide bonds. The quantitative estimate of drug-likeness (QED) is 0.362. The van der Waals surface area contributed by atoms with Crippen molar-refractivity contribution in [1.29, 1.82) is 0 Å². The lowest BCUT2D eigenvalue weighted by atomic mass is 9.86. The second kappa shape index (κ2) is 2.74. The van der Waals surface area contributed by atoms with Crippen LogP contribution in [0.5, 0.6) is 0 Å². The largest absolute Gasteiger partial charge is 0.123 e. The van der Waals surface area contributed by atoms with Crippen LogP contribution in [0.25, 0.3) is 0 Å². The van der Waals surface area contributed by atoms with Crippen molar-refractivity contribution in [3.8, 4) is 0 Å². The van der Waals surface area contributed by atoms with Gasteiger partial charge < -0.3 is 0 Å². The summed E-state index contributed by atoms with van der Waals surface area (Å²) < 4.78 is 0. The Hall–Kier alpha value is 0.0300. The molecule has 0 nitrogen and oxygen atoms in total. The fourth-order valence-corrected chi connectivity index (χ4v) is 1.63. The van der Waals surface area contributed by atoms with Crippen LogP contribution in [0.3, 0.4) is 0 Å².